The number of rotatable bonds is 5. The SMILES string of the molecule is CCc1ccccc1CNCC1(C)CCC1. The molecule has 2 rings (SSSR count). The van der Waals surface area contributed by atoms with Crippen molar-refractivity contribution >= 4 is 0 Å². The number of benzene rings is 1. The van der Waals surface area contributed by atoms with Crippen LogP contribution in [0.25, 0.3) is 0 Å². The molecule has 1 N–H and O–H groups in total. The molecule has 0 unspecified atom stereocenters. The molecule has 16 heavy (non-hydrogen) atoms. The van der Waals surface area contributed by atoms with Gasteiger partial charge < -0.3 is 5.32 Å². The number of hydrogen-bond donors (Lipinski definition) is 1. The molecule has 1 aromatic rings. The Morgan fingerprint density at radius 3 is 2.44 bits per heavy atom. The van der Waals surface area contributed by atoms with Crippen LogP contribution in [0.5, 0.6) is 0 Å². The van der Waals surface area contributed by atoms with Gasteiger partial charge in [0.25, 0.3) is 0 Å². The van der Waals surface area contributed by atoms with Crippen LogP contribution in [0.3, 0.4) is 0 Å². The first kappa shape index (κ1) is 11.7. The molecule has 0 heterocycles. The topological polar surface area (TPSA) is 12.0 Å². The second kappa shape index (κ2) is 5.01. The molecule has 0 aliphatic heterocycles. The zero-order valence-corrected chi connectivity index (χ0v) is 10.6. The van der Waals surface area contributed by atoms with Gasteiger partial charge in [-0.05, 0) is 35.8 Å². The average molecular weight is 217 g/mol. The lowest BCUT2D eigenvalue weighted by molar-refractivity contribution is 0.156. The Bertz CT molecular complexity index is 339. The largest absolute Gasteiger partial charge is 0.312 e. The molecule has 0 atom stereocenters. The van der Waals surface area contributed by atoms with E-state index >= 15 is 0 Å². The van der Waals surface area contributed by atoms with E-state index in [9.17, 15) is 0 Å². The van der Waals surface area contributed by atoms with Gasteiger partial charge in [-0.1, -0.05) is 44.5 Å². The molecule has 88 valence electrons. The molecular weight excluding hydrogens is 194 g/mol. The molecule has 0 radical (unpaired) electrons. The van der Waals surface area contributed by atoms with Crippen LogP contribution in [0.2, 0.25) is 0 Å². The zero-order chi connectivity index (χ0) is 11.4. The van der Waals surface area contributed by atoms with Gasteiger partial charge in [0.15, 0.2) is 0 Å². The van der Waals surface area contributed by atoms with Gasteiger partial charge in [-0.3, -0.25) is 0 Å². The first-order valence-electron chi connectivity index (χ1n) is 6.51. The van der Waals surface area contributed by atoms with Gasteiger partial charge in [-0.2, -0.15) is 0 Å². The van der Waals surface area contributed by atoms with E-state index < -0.39 is 0 Å². The quantitative estimate of drug-likeness (QED) is 0.795. The van der Waals surface area contributed by atoms with E-state index in [1.807, 2.05) is 0 Å². The van der Waals surface area contributed by atoms with Gasteiger partial charge in [0, 0.05) is 13.1 Å². The van der Waals surface area contributed by atoms with E-state index in [1.54, 1.807) is 0 Å². The van der Waals surface area contributed by atoms with Gasteiger partial charge in [0.2, 0.25) is 0 Å². The molecule has 1 aliphatic carbocycles. The maximum Gasteiger partial charge on any atom is 0.0208 e. The van der Waals surface area contributed by atoms with E-state index in [1.165, 1.54) is 36.9 Å². The second-order valence-electron chi connectivity index (χ2n) is 5.39. The Hall–Kier alpha value is -0.820. The third kappa shape index (κ3) is 2.65. The summed E-state index contributed by atoms with van der Waals surface area (Å²) in [6, 6.07) is 8.76. The van der Waals surface area contributed by atoms with Gasteiger partial charge in [0.05, 0.1) is 0 Å². The lowest BCUT2D eigenvalue weighted by Gasteiger charge is -2.38. The van der Waals surface area contributed by atoms with Crippen molar-refractivity contribution in [2.24, 2.45) is 5.41 Å². The normalized spacial score (nSPS) is 18.1. The molecule has 1 aromatic carbocycles. The molecule has 0 aromatic heterocycles. The van der Waals surface area contributed by atoms with Crippen molar-refractivity contribution in [1.82, 2.24) is 5.32 Å². The van der Waals surface area contributed by atoms with Crippen LogP contribution < -0.4 is 5.32 Å². The fourth-order valence-electron chi connectivity index (χ4n) is 2.53. The van der Waals surface area contributed by atoms with Crippen LogP contribution in [0, 0.1) is 5.41 Å². The summed E-state index contributed by atoms with van der Waals surface area (Å²) in [6.07, 6.45) is 5.35. The fourth-order valence-corrected chi connectivity index (χ4v) is 2.53. The molecule has 1 fully saturated rings. The Morgan fingerprint density at radius 1 is 1.19 bits per heavy atom. The van der Waals surface area contributed by atoms with Crippen LogP contribution in [-0.2, 0) is 13.0 Å². The molecule has 1 aliphatic rings. The van der Waals surface area contributed by atoms with E-state index in [0.29, 0.717) is 5.41 Å². The monoisotopic (exact) mass is 217 g/mol. The maximum absolute atomic E-state index is 3.62. The van der Waals surface area contributed by atoms with Gasteiger partial charge in [-0.15, -0.1) is 0 Å². The van der Waals surface area contributed by atoms with Crippen LogP contribution in [0.15, 0.2) is 24.3 Å². The molecule has 0 saturated heterocycles. The highest BCUT2D eigenvalue weighted by Crippen LogP contribution is 2.39. The van der Waals surface area contributed by atoms with E-state index in [4.69, 9.17) is 0 Å². The van der Waals surface area contributed by atoms with Crippen molar-refractivity contribution in [2.75, 3.05) is 6.54 Å². The van der Waals surface area contributed by atoms with Gasteiger partial charge in [-0.25, -0.2) is 0 Å². The predicted octanol–water partition coefficient (Wildman–Crippen LogP) is 3.53. The summed E-state index contributed by atoms with van der Waals surface area (Å²) in [4.78, 5) is 0. The standard InChI is InChI=1S/C15H23N/c1-3-13-7-4-5-8-14(13)11-16-12-15(2)9-6-10-15/h4-5,7-8,16H,3,6,9-12H2,1-2H3. The lowest BCUT2D eigenvalue weighted by atomic mass is 9.70. The number of aryl methyl sites for hydroxylation is 1. The van der Waals surface area contributed by atoms with Crippen molar-refractivity contribution in [3.63, 3.8) is 0 Å². The first-order valence-corrected chi connectivity index (χ1v) is 6.51. The minimum absolute atomic E-state index is 0.584. The molecule has 0 spiro atoms. The second-order valence-corrected chi connectivity index (χ2v) is 5.39. The van der Waals surface area contributed by atoms with E-state index in [-0.39, 0.29) is 0 Å². The summed E-state index contributed by atoms with van der Waals surface area (Å²) in [5.41, 5.74) is 3.53. The number of nitrogens with one attached hydrogen (secondary N) is 1. The van der Waals surface area contributed by atoms with Gasteiger partial charge in [0.1, 0.15) is 0 Å². The van der Waals surface area contributed by atoms with Crippen LogP contribution in [0.1, 0.15) is 44.2 Å². The van der Waals surface area contributed by atoms with Crippen molar-refractivity contribution < 1.29 is 0 Å². The third-order valence-electron chi connectivity index (χ3n) is 3.93. The lowest BCUT2D eigenvalue weighted by Crippen LogP contribution is -2.37. The molecule has 1 saturated carbocycles. The Balaban J connectivity index is 1.84. The highest BCUT2D eigenvalue weighted by atomic mass is 14.9. The van der Waals surface area contributed by atoms with Crippen LogP contribution >= 0.6 is 0 Å². The van der Waals surface area contributed by atoms with Crippen molar-refractivity contribution in [3.8, 4) is 0 Å². The van der Waals surface area contributed by atoms with Crippen LogP contribution in [-0.4, -0.2) is 6.54 Å². The van der Waals surface area contributed by atoms with Crippen molar-refractivity contribution in [2.45, 2.75) is 46.1 Å². The Kier molecular flexibility index (Phi) is 3.65. The molecule has 1 heteroatoms. The van der Waals surface area contributed by atoms with Gasteiger partial charge >= 0.3 is 0 Å². The summed E-state index contributed by atoms with van der Waals surface area (Å²) in [5.74, 6) is 0. The molecular formula is C15H23N. The fraction of sp³-hybridized carbons (Fsp3) is 0.600. The third-order valence-corrected chi connectivity index (χ3v) is 3.93. The summed E-state index contributed by atoms with van der Waals surface area (Å²) < 4.78 is 0. The summed E-state index contributed by atoms with van der Waals surface area (Å²) in [6.45, 7) is 6.83. The summed E-state index contributed by atoms with van der Waals surface area (Å²) in [5, 5.41) is 3.62. The van der Waals surface area contributed by atoms with Crippen molar-refractivity contribution in [1.29, 1.82) is 0 Å². The van der Waals surface area contributed by atoms with Crippen molar-refractivity contribution in [3.05, 3.63) is 35.4 Å². The highest BCUT2D eigenvalue weighted by molar-refractivity contribution is 5.26. The number of hydrogen-bond acceptors (Lipinski definition) is 1. The van der Waals surface area contributed by atoms with E-state index in [2.05, 4.69) is 43.4 Å². The Morgan fingerprint density at radius 2 is 1.88 bits per heavy atom. The zero-order valence-electron chi connectivity index (χ0n) is 10.6. The summed E-state index contributed by atoms with van der Waals surface area (Å²) >= 11 is 0. The predicted molar refractivity (Wildman–Crippen MR) is 69.5 cm³/mol. The average Bonchev–Trinajstić information content (AvgIpc) is 2.27. The minimum Gasteiger partial charge on any atom is -0.312 e. The minimum atomic E-state index is 0.584. The molecule has 0 bridgehead atoms. The van der Waals surface area contributed by atoms with Crippen LogP contribution in [0.4, 0.5) is 0 Å². The Labute approximate surface area is 99.3 Å². The summed E-state index contributed by atoms with van der Waals surface area (Å²) in [7, 11) is 0. The first-order chi connectivity index (χ1) is 7.73. The smallest absolute Gasteiger partial charge is 0.0208 e. The highest BCUT2D eigenvalue weighted by Gasteiger charge is 2.30. The molecule has 1 nitrogen and oxygen atoms in total. The molecule has 0 amide bonds. The van der Waals surface area contributed by atoms with E-state index in [0.717, 1.165) is 13.0 Å². The maximum atomic E-state index is 3.62.